The molecule has 0 aromatic heterocycles. The molecule has 1 aromatic carbocycles. The van der Waals surface area contributed by atoms with Crippen LogP contribution in [0, 0.1) is 17.1 Å². The highest BCUT2D eigenvalue weighted by Gasteiger charge is 2.28. The summed E-state index contributed by atoms with van der Waals surface area (Å²) in [5, 5.41) is 15.4. The molecule has 1 saturated heterocycles. The van der Waals surface area contributed by atoms with Gasteiger partial charge < -0.3 is 15.4 Å². The van der Waals surface area contributed by atoms with Crippen molar-refractivity contribution in [1.29, 1.82) is 5.26 Å². The highest BCUT2D eigenvalue weighted by molar-refractivity contribution is 5.79. The van der Waals surface area contributed by atoms with Gasteiger partial charge in [-0.1, -0.05) is 6.07 Å². The van der Waals surface area contributed by atoms with Gasteiger partial charge in [0.25, 0.3) is 0 Å². The van der Waals surface area contributed by atoms with Crippen molar-refractivity contribution < 1.29 is 9.13 Å². The normalized spacial score (nSPS) is 16.2. The van der Waals surface area contributed by atoms with Crippen LogP contribution in [0.5, 0.6) is 0 Å². The Kier molecular flexibility index (Phi) is 7.37. The van der Waals surface area contributed by atoms with E-state index in [0.717, 1.165) is 32.8 Å². The molecule has 2 N–H and O–H groups in total. The third kappa shape index (κ3) is 5.68. The lowest BCUT2D eigenvalue weighted by Gasteiger charge is -2.41. The Morgan fingerprint density at radius 1 is 1.35 bits per heavy atom. The summed E-state index contributed by atoms with van der Waals surface area (Å²) in [6.45, 7) is 11.4. The van der Waals surface area contributed by atoms with Crippen LogP contribution in [0.25, 0.3) is 0 Å². The summed E-state index contributed by atoms with van der Waals surface area (Å²) < 4.78 is 19.4. The third-order valence-electron chi connectivity index (χ3n) is 4.49. The first-order valence-electron chi connectivity index (χ1n) is 9.00. The van der Waals surface area contributed by atoms with E-state index >= 15 is 0 Å². The molecule has 0 bridgehead atoms. The Balaban J connectivity index is 1.99. The number of hydrogen-bond acceptors (Lipinski definition) is 4. The number of nitriles is 1. The quantitative estimate of drug-likeness (QED) is 0.598. The first-order chi connectivity index (χ1) is 12.5. The van der Waals surface area contributed by atoms with Crippen molar-refractivity contribution in [1.82, 2.24) is 15.5 Å². The SMILES string of the molecule is CCNC(=NCc1ccc(C#N)cc1F)NCC(C)(C)N1CCOCC1. The van der Waals surface area contributed by atoms with Gasteiger partial charge in [0.05, 0.1) is 31.4 Å². The molecule has 0 amide bonds. The standard InChI is InChI=1S/C19H28FN5O/c1-4-22-18(23-13-16-6-5-15(12-21)11-17(16)20)24-14-19(2,3)25-7-9-26-10-8-25/h5-6,11H,4,7-10,13-14H2,1-3H3,(H2,22,23,24). The fraction of sp³-hybridized carbons (Fsp3) is 0.579. The smallest absolute Gasteiger partial charge is 0.191 e. The van der Waals surface area contributed by atoms with Crippen molar-refractivity contribution in [3.05, 3.63) is 35.1 Å². The molecule has 0 saturated carbocycles. The average molecular weight is 361 g/mol. The van der Waals surface area contributed by atoms with Gasteiger partial charge in [0.2, 0.25) is 0 Å². The van der Waals surface area contributed by atoms with Crippen molar-refractivity contribution in [2.75, 3.05) is 39.4 Å². The number of nitrogens with zero attached hydrogens (tertiary/aromatic N) is 3. The highest BCUT2D eigenvalue weighted by Crippen LogP contribution is 2.15. The van der Waals surface area contributed by atoms with E-state index in [1.807, 2.05) is 13.0 Å². The van der Waals surface area contributed by atoms with Gasteiger partial charge >= 0.3 is 0 Å². The number of halogens is 1. The van der Waals surface area contributed by atoms with E-state index in [9.17, 15) is 4.39 Å². The molecule has 2 rings (SSSR count). The van der Waals surface area contributed by atoms with Crippen molar-refractivity contribution in [3.8, 4) is 6.07 Å². The van der Waals surface area contributed by atoms with Crippen LogP contribution in [0.15, 0.2) is 23.2 Å². The van der Waals surface area contributed by atoms with Gasteiger partial charge in [-0.05, 0) is 32.9 Å². The lowest BCUT2D eigenvalue weighted by Crippen LogP contribution is -2.56. The number of hydrogen-bond donors (Lipinski definition) is 2. The molecule has 6 nitrogen and oxygen atoms in total. The number of guanidine groups is 1. The second-order valence-corrected chi connectivity index (χ2v) is 6.88. The lowest BCUT2D eigenvalue weighted by molar-refractivity contribution is -0.00834. The molecule has 1 aromatic rings. The molecule has 1 aliphatic rings. The Morgan fingerprint density at radius 2 is 2.08 bits per heavy atom. The summed E-state index contributed by atoms with van der Waals surface area (Å²) in [5.74, 6) is 0.245. The Morgan fingerprint density at radius 3 is 2.69 bits per heavy atom. The molecule has 0 atom stereocenters. The molecule has 0 spiro atoms. The van der Waals surface area contributed by atoms with Gasteiger partial charge in [-0.2, -0.15) is 5.26 Å². The molecule has 142 valence electrons. The van der Waals surface area contributed by atoms with Crippen LogP contribution in [0.4, 0.5) is 4.39 Å². The van der Waals surface area contributed by atoms with Crippen molar-refractivity contribution in [2.45, 2.75) is 32.9 Å². The monoisotopic (exact) mass is 361 g/mol. The van der Waals surface area contributed by atoms with Crippen molar-refractivity contribution >= 4 is 5.96 Å². The van der Waals surface area contributed by atoms with Gasteiger partial charge in [0.15, 0.2) is 5.96 Å². The summed E-state index contributed by atoms with van der Waals surface area (Å²) in [6, 6.07) is 6.39. The number of ether oxygens (including phenoxy) is 1. The van der Waals surface area contributed by atoms with Crippen molar-refractivity contribution in [2.24, 2.45) is 4.99 Å². The maximum absolute atomic E-state index is 14.0. The van der Waals surface area contributed by atoms with Crippen LogP contribution < -0.4 is 10.6 Å². The minimum absolute atomic E-state index is 0.0420. The van der Waals surface area contributed by atoms with Crippen LogP contribution in [0.1, 0.15) is 31.9 Å². The molecule has 7 heteroatoms. The van der Waals surface area contributed by atoms with Gasteiger partial charge in [0, 0.05) is 37.3 Å². The molecule has 0 aliphatic carbocycles. The number of rotatable bonds is 6. The first-order valence-corrected chi connectivity index (χ1v) is 9.00. The van der Waals surface area contributed by atoms with Gasteiger partial charge in [0.1, 0.15) is 5.82 Å². The molecule has 0 unspecified atom stereocenters. The van der Waals surface area contributed by atoms with Crippen LogP contribution in [0.2, 0.25) is 0 Å². The Hall–Kier alpha value is -2.17. The summed E-state index contributed by atoms with van der Waals surface area (Å²) >= 11 is 0. The summed E-state index contributed by atoms with van der Waals surface area (Å²) in [6.07, 6.45) is 0. The predicted octanol–water partition coefficient (Wildman–Crippen LogP) is 1.86. The average Bonchev–Trinajstić information content (AvgIpc) is 2.65. The van der Waals surface area contributed by atoms with E-state index in [-0.39, 0.29) is 12.1 Å². The summed E-state index contributed by atoms with van der Waals surface area (Å²) in [7, 11) is 0. The van der Waals surface area contributed by atoms with Crippen LogP contribution in [-0.4, -0.2) is 55.8 Å². The maximum Gasteiger partial charge on any atom is 0.191 e. The van der Waals surface area contributed by atoms with E-state index in [0.29, 0.717) is 23.6 Å². The first kappa shape index (κ1) is 20.1. The molecule has 1 fully saturated rings. The van der Waals surface area contributed by atoms with Gasteiger partial charge in [-0.25, -0.2) is 9.38 Å². The number of benzene rings is 1. The molecular formula is C19H28FN5O. The number of aliphatic imine (C=N–C) groups is 1. The molecule has 26 heavy (non-hydrogen) atoms. The largest absolute Gasteiger partial charge is 0.379 e. The topological polar surface area (TPSA) is 72.7 Å². The van der Waals surface area contributed by atoms with Gasteiger partial charge in [-0.15, -0.1) is 0 Å². The van der Waals surface area contributed by atoms with E-state index in [2.05, 4.69) is 34.4 Å². The number of morpholine rings is 1. The summed E-state index contributed by atoms with van der Waals surface area (Å²) in [4.78, 5) is 6.87. The molecular weight excluding hydrogens is 333 g/mol. The molecule has 1 aliphatic heterocycles. The second-order valence-electron chi connectivity index (χ2n) is 6.88. The Labute approximate surface area is 155 Å². The van der Waals surface area contributed by atoms with Gasteiger partial charge in [-0.3, -0.25) is 4.90 Å². The van der Waals surface area contributed by atoms with Crippen LogP contribution >= 0.6 is 0 Å². The zero-order valence-corrected chi connectivity index (χ0v) is 15.8. The second kappa shape index (κ2) is 9.51. The van der Waals surface area contributed by atoms with E-state index in [4.69, 9.17) is 10.00 Å². The highest BCUT2D eigenvalue weighted by atomic mass is 19.1. The minimum atomic E-state index is -0.405. The van der Waals surface area contributed by atoms with E-state index in [1.165, 1.54) is 6.07 Å². The summed E-state index contributed by atoms with van der Waals surface area (Å²) in [5.41, 5.74) is 0.737. The Bertz CT molecular complexity index is 662. The number of nitrogens with one attached hydrogen (secondary N) is 2. The fourth-order valence-electron chi connectivity index (χ4n) is 2.83. The maximum atomic E-state index is 14.0. The van der Waals surface area contributed by atoms with Crippen molar-refractivity contribution in [3.63, 3.8) is 0 Å². The lowest BCUT2D eigenvalue weighted by atomic mass is 10.0. The minimum Gasteiger partial charge on any atom is -0.379 e. The van der Waals surface area contributed by atoms with Crippen LogP contribution in [0.3, 0.4) is 0 Å². The van der Waals surface area contributed by atoms with Crippen LogP contribution in [-0.2, 0) is 11.3 Å². The predicted molar refractivity (Wildman–Crippen MR) is 100 cm³/mol. The fourth-order valence-corrected chi connectivity index (χ4v) is 2.83. The molecule has 0 radical (unpaired) electrons. The molecule has 1 heterocycles. The van der Waals surface area contributed by atoms with E-state index < -0.39 is 5.82 Å². The van der Waals surface area contributed by atoms with E-state index in [1.54, 1.807) is 12.1 Å². The third-order valence-corrected chi connectivity index (χ3v) is 4.49. The zero-order chi connectivity index (χ0) is 19.0. The zero-order valence-electron chi connectivity index (χ0n) is 15.8.